The maximum atomic E-state index is 12.5. The summed E-state index contributed by atoms with van der Waals surface area (Å²) < 4.78 is 5.65. The Morgan fingerprint density at radius 2 is 1.88 bits per heavy atom. The molecule has 0 saturated heterocycles. The lowest BCUT2D eigenvalue weighted by Gasteiger charge is -2.19. The largest absolute Gasteiger partial charge is 0.492 e. The normalized spacial score (nSPS) is 10.3. The van der Waals surface area contributed by atoms with E-state index in [-0.39, 0.29) is 17.2 Å². The smallest absolute Gasteiger partial charge is 0.293 e. The van der Waals surface area contributed by atoms with Crippen molar-refractivity contribution in [1.82, 2.24) is 4.90 Å². The molecule has 0 aromatic heterocycles. The molecule has 0 atom stereocenters. The third kappa shape index (κ3) is 4.72. The number of carbonyl (C=O) groups excluding carboxylic acids is 1. The van der Waals surface area contributed by atoms with Gasteiger partial charge < -0.3 is 14.5 Å². The van der Waals surface area contributed by atoms with Crippen molar-refractivity contribution in [2.45, 2.75) is 6.92 Å². The maximum absolute atomic E-state index is 12.5. The molecule has 0 aliphatic rings. The minimum absolute atomic E-state index is 0.0924. The van der Waals surface area contributed by atoms with Gasteiger partial charge in [0.2, 0.25) is 0 Å². The Kier molecular flexibility index (Phi) is 6.16. The van der Waals surface area contributed by atoms with Crippen LogP contribution in [-0.2, 0) is 0 Å². The SMILES string of the molecule is Cc1cccc(OCCN(C)C(=O)c2ccc(N(C)C)c([N+](=O)[O-])c2)c1. The van der Waals surface area contributed by atoms with Crippen LogP contribution in [0.1, 0.15) is 15.9 Å². The Morgan fingerprint density at radius 1 is 1.15 bits per heavy atom. The van der Waals surface area contributed by atoms with E-state index in [1.165, 1.54) is 11.0 Å². The molecule has 0 aliphatic heterocycles. The lowest BCUT2D eigenvalue weighted by atomic mass is 10.1. The first-order valence-corrected chi connectivity index (χ1v) is 8.20. The average Bonchev–Trinajstić information content (AvgIpc) is 2.60. The molecular formula is C19H23N3O4. The average molecular weight is 357 g/mol. The number of likely N-dealkylation sites (N-methyl/N-ethyl adjacent to an activating group) is 1. The Morgan fingerprint density at radius 3 is 2.50 bits per heavy atom. The molecule has 26 heavy (non-hydrogen) atoms. The molecule has 2 rings (SSSR count). The van der Waals surface area contributed by atoms with E-state index in [1.54, 1.807) is 38.2 Å². The highest BCUT2D eigenvalue weighted by Gasteiger charge is 2.20. The molecule has 0 heterocycles. The van der Waals surface area contributed by atoms with Crippen LogP contribution in [-0.4, -0.2) is 50.0 Å². The van der Waals surface area contributed by atoms with Crippen molar-refractivity contribution in [3.63, 3.8) is 0 Å². The second kappa shape index (κ2) is 8.33. The number of aryl methyl sites for hydroxylation is 1. The number of ether oxygens (including phenoxy) is 1. The first-order chi connectivity index (χ1) is 12.3. The zero-order valence-electron chi connectivity index (χ0n) is 15.4. The summed E-state index contributed by atoms with van der Waals surface area (Å²) in [5.41, 5.74) is 1.74. The molecule has 2 aromatic rings. The van der Waals surface area contributed by atoms with Crippen LogP contribution in [0.2, 0.25) is 0 Å². The maximum Gasteiger partial charge on any atom is 0.293 e. The molecule has 7 nitrogen and oxygen atoms in total. The molecule has 0 N–H and O–H groups in total. The summed E-state index contributed by atoms with van der Waals surface area (Å²) in [7, 11) is 5.09. The summed E-state index contributed by atoms with van der Waals surface area (Å²) in [5.74, 6) is 0.461. The van der Waals surface area contributed by atoms with Gasteiger partial charge in [-0.3, -0.25) is 14.9 Å². The molecule has 0 unspecified atom stereocenters. The minimum atomic E-state index is -0.479. The molecule has 7 heteroatoms. The quantitative estimate of drug-likeness (QED) is 0.562. The number of carbonyl (C=O) groups is 1. The van der Waals surface area contributed by atoms with Gasteiger partial charge in [-0.25, -0.2) is 0 Å². The summed E-state index contributed by atoms with van der Waals surface area (Å²) >= 11 is 0. The Labute approximate surface area is 152 Å². The molecule has 0 radical (unpaired) electrons. The molecule has 0 bridgehead atoms. The van der Waals surface area contributed by atoms with Crippen LogP contribution in [0.5, 0.6) is 5.75 Å². The number of hydrogen-bond acceptors (Lipinski definition) is 5. The standard InChI is InChI=1S/C19H23N3O4/c1-14-6-5-7-16(12-14)26-11-10-21(4)19(23)15-8-9-17(20(2)3)18(13-15)22(24)25/h5-9,12-13H,10-11H2,1-4H3. The first-order valence-electron chi connectivity index (χ1n) is 8.20. The van der Waals surface area contributed by atoms with E-state index < -0.39 is 4.92 Å². The third-order valence-electron chi connectivity index (χ3n) is 3.93. The summed E-state index contributed by atoms with van der Waals surface area (Å²) in [6, 6.07) is 12.2. The van der Waals surface area contributed by atoms with Crippen LogP contribution in [0.3, 0.4) is 0 Å². The van der Waals surface area contributed by atoms with Gasteiger partial charge >= 0.3 is 0 Å². The molecule has 0 fully saturated rings. The van der Waals surface area contributed by atoms with Gasteiger partial charge in [-0.1, -0.05) is 12.1 Å². The van der Waals surface area contributed by atoms with E-state index in [0.717, 1.165) is 11.3 Å². The van der Waals surface area contributed by atoms with Crippen molar-refractivity contribution in [2.24, 2.45) is 0 Å². The molecular weight excluding hydrogens is 334 g/mol. The van der Waals surface area contributed by atoms with Crippen LogP contribution >= 0.6 is 0 Å². The van der Waals surface area contributed by atoms with E-state index in [9.17, 15) is 14.9 Å². The van der Waals surface area contributed by atoms with Crippen molar-refractivity contribution in [2.75, 3.05) is 39.2 Å². The first kappa shape index (κ1) is 19.2. The molecule has 138 valence electrons. The molecule has 0 saturated carbocycles. The summed E-state index contributed by atoms with van der Waals surface area (Å²) in [5, 5.41) is 11.3. The number of amides is 1. The van der Waals surface area contributed by atoms with E-state index in [1.807, 2.05) is 31.2 Å². The van der Waals surface area contributed by atoms with Gasteiger partial charge in [-0.15, -0.1) is 0 Å². The van der Waals surface area contributed by atoms with Gasteiger partial charge in [-0.05, 0) is 36.8 Å². The fraction of sp³-hybridized carbons (Fsp3) is 0.316. The highest BCUT2D eigenvalue weighted by atomic mass is 16.6. The summed E-state index contributed by atoms with van der Waals surface area (Å²) in [4.78, 5) is 26.4. The molecule has 0 spiro atoms. The van der Waals surface area contributed by atoms with Crippen molar-refractivity contribution >= 4 is 17.3 Å². The second-order valence-corrected chi connectivity index (χ2v) is 6.25. The van der Waals surface area contributed by atoms with E-state index in [0.29, 0.717) is 18.8 Å². The summed E-state index contributed by atoms with van der Waals surface area (Å²) in [6.45, 7) is 2.69. The topological polar surface area (TPSA) is 75.9 Å². The number of anilines is 1. The van der Waals surface area contributed by atoms with E-state index in [2.05, 4.69) is 0 Å². The van der Waals surface area contributed by atoms with Gasteiger partial charge in [0.1, 0.15) is 18.0 Å². The van der Waals surface area contributed by atoms with Crippen LogP contribution in [0.25, 0.3) is 0 Å². The van der Waals surface area contributed by atoms with Crippen LogP contribution in [0.4, 0.5) is 11.4 Å². The highest BCUT2D eigenvalue weighted by molar-refractivity contribution is 5.95. The van der Waals surface area contributed by atoms with Crippen molar-refractivity contribution < 1.29 is 14.5 Å². The Bertz CT molecular complexity index is 805. The summed E-state index contributed by atoms with van der Waals surface area (Å²) in [6.07, 6.45) is 0. The zero-order valence-corrected chi connectivity index (χ0v) is 15.4. The van der Waals surface area contributed by atoms with Gasteiger partial charge in [0, 0.05) is 32.8 Å². The predicted molar refractivity (Wildman–Crippen MR) is 101 cm³/mol. The number of nitro groups is 1. The van der Waals surface area contributed by atoms with Gasteiger partial charge in [-0.2, -0.15) is 0 Å². The van der Waals surface area contributed by atoms with Gasteiger partial charge in [0.05, 0.1) is 11.5 Å². The fourth-order valence-corrected chi connectivity index (χ4v) is 2.51. The fourth-order valence-electron chi connectivity index (χ4n) is 2.51. The number of nitro benzene ring substituents is 1. The Balaban J connectivity index is 2.03. The van der Waals surface area contributed by atoms with E-state index >= 15 is 0 Å². The minimum Gasteiger partial charge on any atom is -0.492 e. The van der Waals surface area contributed by atoms with Crippen LogP contribution in [0.15, 0.2) is 42.5 Å². The van der Waals surface area contributed by atoms with Crippen molar-refractivity contribution in [3.05, 3.63) is 63.7 Å². The second-order valence-electron chi connectivity index (χ2n) is 6.25. The van der Waals surface area contributed by atoms with Crippen LogP contribution < -0.4 is 9.64 Å². The highest BCUT2D eigenvalue weighted by Crippen LogP contribution is 2.28. The van der Waals surface area contributed by atoms with Gasteiger partial charge in [0.15, 0.2) is 0 Å². The number of benzene rings is 2. The van der Waals surface area contributed by atoms with Crippen molar-refractivity contribution in [3.8, 4) is 5.75 Å². The zero-order chi connectivity index (χ0) is 19.3. The molecule has 2 aromatic carbocycles. The number of nitrogens with zero attached hydrogens (tertiary/aromatic N) is 3. The third-order valence-corrected chi connectivity index (χ3v) is 3.93. The molecule has 0 aliphatic carbocycles. The number of hydrogen-bond donors (Lipinski definition) is 0. The Hall–Kier alpha value is -3.09. The van der Waals surface area contributed by atoms with E-state index in [4.69, 9.17) is 4.74 Å². The lowest BCUT2D eigenvalue weighted by Crippen LogP contribution is -2.31. The number of rotatable bonds is 7. The lowest BCUT2D eigenvalue weighted by molar-refractivity contribution is -0.384. The van der Waals surface area contributed by atoms with Gasteiger partial charge in [0.25, 0.3) is 11.6 Å². The molecule has 1 amide bonds. The predicted octanol–water partition coefficient (Wildman–Crippen LogP) is 3.12. The van der Waals surface area contributed by atoms with Crippen LogP contribution in [0, 0.1) is 17.0 Å². The monoisotopic (exact) mass is 357 g/mol. The van der Waals surface area contributed by atoms with Crippen molar-refractivity contribution in [1.29, 1.82) is 0 Å².